The van der Waals surface area contributed by atoms with E-state index in [-0.39, 0.29) is 17.0 Å². The van der Waals surface area contributed by atoms with Crippen LogP contribution in [0.5, 0.6) is 11.5 Å². The first-order valence-corrected chi connectivity index (χ1v) is 9.57. The van der Waals surface area contributed by atoms with Crippen LogP contribution in [0, 0.1) is 11.6 Å². The molecule has 0 bridgehead atoms. The number of carbonyl (C=O) groups excluding carboxylic acids is 2. The predicted molar refractivity (Wildman–Crippen MR) is 115 cm³/mol. The summed E-state index contributed by atoms with van der Waals surface area (Å²) in [5.41, 5.74) is 0.889. The SMILES string of the molecule is COc1ccc(C2=C(Nc3ccccc3OC)C(=O)N(c3ccc(F)c(F)c3)C2=O)cc1. The predicted octanol–water partition coefficient (Wildman–Crippen LogP) is 4.38. The topological polar surface area (TPSA) is 67.9 Å². The zero-order chi connectivity index (χ0) is 22.8. The standard InChI is InChI=1S/C24H18F2N2O4/c1-31-16-10-7-14(8-11-16)21-22(27-19-5-3-4-6-20(19)32-2)24(30)28(23(21)29)15-9-12-17(25)18(26)13-15/h3-13,27H,1-2H3. The Balaban J connectivity index is 1.84. The minimum Gasteiger partial charge on any atom is -0.497 e. The van der Waals surface area contributed by atoms with Crippen molar-refractivity contribution in [3.8, 4) is 11.5 Å². The van der Waals surface area contributed by atoms with Gasteiger partial charge in [0.05, 0.1) is 31.2 Å². The van der Waals surface area contributed by atoms with E-state index in [1.54, 1.807) is 48.5 Å². The van der Waals surface area contributed by atoms with Crippen LogP contribution in [0.4, 0.5) is 20.2 Å². The largest absolute Gasteiger partial charge is 0.497 e. The molecule has 0 aliphatic carbocycles. The van der Waals surface area contributed by atoms with E-state index < -0.39 is 23.4 Å². The number of para-hydroxylation sites is 2. The maximum atomic E-state index is 13.8. The van der Waals surface area contributed by atoms with Gasteiger partial charge >= 0.3 is 0 Å². The minimum atomic E-state index is -1.17. The Hall–Kier alpha value is -4.20. The van der Waals surface area contributed by atoms with Gasteiger partial charge in [-0.1, -0.05) is 24.3 Å². The van der Waals surface area contributed by atoms with Crippen LogP contribution in [0.25, 0.3) is 5.57 Å². The number of ether oxygens (including phenoxy) is 2. The Morgan fingerprint density at radius 3 is 2.19 bits per heavy atom. The van der Waals surface area contributed by atoms with Gasteiger partial charge in [-0.25, -0.2) is 13.7 Å². The molecule has 0 saturated heterocycles. The van der Waals surface area contributed by atoms with Gasteiger partial charge in [-0.05, 0) is 42.0 Å². The average Bonchev–Trinajstić information content (AvgIpc) is 3.05. The summed E-state index contributed by atoms with van der Waals surface area (Å²) in [5, 5.41) is 2.99. The van der Waals surface area contributed by atoms with Crippen molar-refractivity contribution >= 4 is 28.8 Å². The van der Waals surface area contributed by atoms with E-state index in [1.807, 2.05) is 0 Å². The molecule has 0 atom stereocenters. The second-order valence-electron chi connectivity index (χ2n) is 6.85. The number of halogens is 2. The van der Waals surface area contributed by atoms with E-state index in [9.17, 15) is 18.4 Å². The molecule has 2 amide bonds. The quantitative estimate of drug-likeness (QED) is 0.581. The monoisotopic (exact) mass is 436 g/mol. The number of hydrogen-bond acceptors (Lipinski definition) is 5. The van der Waals surface area contributed by atoms with Crippen LogP contribution in [-0.2, 0) is 9.59 Å². The van der Waals surface area contributed by atoms with E-state index in [2.05, 4.69) is 5.32 Å². The van der Waals surface area contributed by atoms with Gasteiger partial charge in [-0.3, -0.25) is 9.59 Å². The van der Waals surface area contributed by atoms with E-state index in [0.29, 0.717) is 22.7 Å². The molecule has 162 valence electrons. The number of methoxy groups -OCH3 is 2. The van der Waals surface area contributed by atoms with Gasteiger partial charge in [0, 0.05) is 6.07 Å². The fraction of sp³-hybridized carbons (Fsp3) is 0.0833. The van der Waals surface area contributed by atoms with E-state index >= 15 is 0 Å². The van der Waals surface area contributed by atoms with Crippen molar-refractivity contribution < 1.29 is 27.8 Å². The van der Waals surface area contributed by atoms with Gasteiger partial charge in [-0.2, -0.15) is 0 Å². The molecule has 0 aromatic heterocycles. The third-order valence-corrected chi connectivity index (χ3v) is 4.99. The molecule has 4 rings (SSSR count). The Morgan fingerprint density at radius 1 is 0.812 bits per heavy atom. The van der Waals surface area contributed by atoms with Crippen molar-refractivity contribution in [2.45, 2.75) is 0 Å². The number of carbonyl (C=O) groups is 2. The van der Waals surface area contributed by atoms with Crippen LogP contribution >= 0.6 is 0 Å². The van der Waals surface area contributed by atoms with Crippen molar-refractivity contribution in [2.24, 2.45) is 0 Å². The Kier molecular flexibility index (Phi) is 5.59. The molecule has 6 nitrogen and oxygen atoms in total. The van der Waals surface area contributed by atoms with Crippen LogP contribution < -0.4 is 19.7 Å². The molecule has 1 N–H and O–H groups in total. The summed E-state index contributed by atoms with van der Waals surface area (Å²) in [4.78, 5) is 27.5. The maximum absolute atomic E-state index is 13.8. The normalized spacial score (nSPS) is 13.6. The number of nitrogens with one attached hydrogen (secondary N) is 1. The highest BCUT2D eigenvalue weighted by atomic mass is 19.2. The molecule has 1 heterocycles. The van der Waals surface area contributed by atoms with E-state index in [0.717, 1.165) is 17.0 Å². The Bertz CT molecular complexity index is 1240. The summed E-state index contributed by atoms with van der Waals surface area (Å²) in [6.45, 7) is 0. The lowest BCUT2D eigenvalue weighted by Crippen LogP contribution is -2.32. The smallest absolute Gasteiger partial charge is 0.282 e. The van der Waals surface area contributed by atoms with E-state index in [4.69, 9.17) is 9.47 Å². The van der Waals surface area contributed by atoms with Crippen LogP contribution in [0.2, 0.25) is 0 Å². The van der Waals surface area contributed by atoms with Gasteiger partial charge in [0.1, 0.15) is 17.2 Å². The lowest BCUT2D eigenvalue weighted by atomic mass is 10.0. The molecule has 8 heteroatoms. The Labute approximate surface area is 182 Å². The van der Waals surface area contributed by atoms with Crippen LogP contribution in [-0.4, -0.2) is 26.0 Å². The number of anilines is 2. The van der Waals surface area contributed by atoms with Gasteiger partial charge in [0.2, 0.25) is 0 Å². The lowest BCUT2D eigenvalue weighted by molar-refractivity contribution is -0.120. The van der Waals surface area contributed by atoms with Crippen molar-refractivity contribution in [1.29, 1.82) is 0 Å². The first-order valence-electron chi connectivity index (χ1n) is 9.57. The summed E-state index contributed by atoms with van der Waals surface area (Å²) < 4.78 is 37.8. The molecule has 32 heavy (non-hydrogen) atoms. The summed E-state index contributed by atoms with van der Waals surface area (Å²) in [6.07, 6.45) is 0. The number of nitrogens with zero attached hydrogens (tertiary/aromatic N) is 1. The third kappa shape index (κ3) is 3.66. The molecular formula is C24H18F2N2O4. The van der Waals surface area contributed by atoms with Gasteiger partial charge < -0.3 is 14.8 Å². The highest BCUT2D eigenvalue weighted by molar-refractivity contribution is 6.46. The van der Waals surface area contributed by atoms with Gasteiger partial charge in [-0.15, -0.1) is 0 Å². The number of benzene rings is 3. The van der Waals surface area contributed by atoms with Crippen molar-refractivity contribution in [3.63, 3.8) is 0 Å². The lowest BCUT2D eigenvalue weighted by Gasteiger charge is -2.16. The van der Waals surface area contributed by atoms with Gasteiger partial charge in [0.15, 0.2) is 11.6 Å². The first kappa shape index (κ1) is 21.0. The van der Waals surface area contributed by atoms with E-state index in [1.165, 1.54) is 20.3 Å². The minimum absolute atomic E-state index is 0.0191. The molecule has 0 radical (unpaired) electrons. The summed E-state index contributed by atoms with van der Waals surface area (Å²) >= 11 is 0. The second kappa shape index (κ2) is 8.50. The van der Waals surface area contributed by atoms with Crippen LogP contribution in [0.15, 0.2) is 72.4 Å². The molecular weight excluding hydrogens is 418 g/mol. The summed E-state index contributed by atoms with van der Waals surface area (Å²) in [7, 11) is 2.99. The number of rotatable bonds is 6. The fourth-order valence-electron chi connectivity index (χ4n) is 3.41. The van der Waals surface area contributed by atoms with Crippen molar-refractivity contribution in [1.82, 2.24) is 0 Å². The van der Waals surface area contributed by atoms with Gasteiger partial charge in [0.25, 0.3) is 11.8 Å². The van der Waals surface area contributed by atoms with Crippen molar-refractivity contribution in [3.05, 3.63) is 89.6 Å². The highest BCUT2D eigenvalue weighted by Gasteiger charge is 2.40. The highest BCUT2D eigenvalue weighted by Crippen LogP contribution is 2.36. The molecule has 0 spiro atoms. The van der Waals surface area contributed by atoms with Crippen LogP contribution in [0.3, 0.4) is 0 Å². The summed E-state index contributed by atoms with van der Waals surface area (Å²) in [5.74, 6) is -2.60. The number of hydrogen-bond donors (Lipinski definition) is 1. The number of imide groups is 1. The molecule has 0 unspecified atom stereocenters. The van der Waals surface area contributed by atoms with Crippen LogP contribution in [0.1, 0.15) is 5.56 Å². The third-order valence-electron chi connectivity index (χ3n) is 4.99. The Morgan fingerprint density at radius 2 is 1.53 bits per heavy atom. The zero-order valence-electron chi connectivity index (χ0n) is 17.2. The average molecular weight is 436 g/mol. The first-order chi connectivity index (χ1) is 15.4. The molecule has 1 aliphatic rings. The molecule has 0 saturated carbocycles. The summed E-state index contributed by atoms with van der Waals surface area (Å²) in [6, 6.07) is 16.3. The fourth-order valence-corrected chi connectivity index (χ4v) is 3.41. The number of amides is 2. The molecule has 3 aromatic rings. The molecule has 3 aromatic carbocycles. The zero-order valence-corrected chi connectivity index (χ0v) is 17.2. The molecule has 1 aliphatic heterocycles. The maximum Gasteiger partial charge on any atom is 0.282 e. The van der Waals surface area contributed by atoms with Crippen molar-refractivity contribution in [2.75, 3.05) is 24.4 Å². The second-order valence-corrected chi connectivity index (χ2v) is 6.85. The molecule has 0 fully saturated rings.